The summed E-state index contributed by atoms with van der Waals surface area (Å²) >= 11 is 0. The highest BCUT2D eigenvalue weighted by molar-refractivity contribution is 5.96. The topological polar surface area (TPSA) is 81.4 Å². The maximum atomic E-state index is 12.1. The van der Waals surface area contributed by atoms with Crippen molar-refractivity contribution in [1.29, 1.82) is 0 Å². The lowest BCUT2D eigenvalue weighted by Gasteiger charge is -2.02. The number of nitrogens with zero attached hydrogens (tertiary/aromatic N) is 1. The molecule has 0 atom stereocenters. The standard InChI is InChI=1S/C20H16N2O4/c1-14-8-9-16(13-22-14)25-11-5-4-10-21-19(23)17-12-15-6-2-3-7-18(15)26-20(17)24/h2-3,6-9,12-13H,10-11H2,1H3,(H,21,23). The molecule has 0 radical (unpaired) electrons. The molecule has 3 rings (SSSR count). The maximum absolute atomic E-state index is 12.1. The summed E-state index contributed by atoms with van der Waals surface area (Å²) in [5.74, 6) is 5.65. The van der Waals surface area contributed by atoms with Gasteiger partial charge in [0.1, 0.15) is 23.5 Å². The Morgan fingerprint density at radius 1 is 1.23 bits per heavy atom. The van der Waals surface area contributed by atoms with E-state index >= 15 is 0 Å². The van der Waals surface area contributed by atoms with E-state index in [0.29, 0.717) is 16.7 Å². The molecule has 0 aliphatic carbocycles. The van der Waals surface area contributed by atoms with Crippen LogP contribution in [0.2, 0.25) is 0 Å². The van der Waals surface area contributed by atoms with Gasteiger partial charge in [0.25, 0.3) is 5.91 Å². The van der Waals surface area contributed by atoms with Crippen LogP contribution >= 0.6 is 0 Å². The molecule has 0 aliphatic rings. The zero-order valence-corrected chi connectivity index (χ0v) is 14.1. The van der Waals surface area contributed by atoms with Gasteiger partial charge < -0.3 is 14.5 Å². The SMILES string of the molecule is Cc1ccc(OCC#CCNC(=O)c2cc3ccccc3oc2=O)cn1. The largest absolute Gasteiger partial charge is 0.479 e. The van der Waals surface area contributed by atoms with Crippen LogP contribution in [0.25, 0.3) is 11.0 Å². The molecule has 0 spiro atoms. The van der Waals surface area contributed by atoms with Crippen molar-refractivity contribution in [2.24, 2.45) is 0 Å². The highest BCUT2D eigenvalue weighted by Crippen LogP contribution is 2.12. The Morgan fingerprint density at radius 3 is 2.88 bits per heavy atom. The van der Waals surface area contributed by atoms with Gasteiger partial charge in [0.2, 0.25) is 0 Å². The van der Waals surface area contributed by atoms with Crippen molar-refractivity contribution < 1.29 is 13.9 Å². The third-order valence-corrected chi connectivity index (χ3v) is 3.54. The summed E-state index contributed by atoms with van der Waals surface area (Å²) in [5, 5.41) is 3.25. The Kier molecular flexibility index (Phi) is 5.30. The molecule has 0 saturated heterocycles. The van der Waals surface area contributed by atoms with E-state index in [2.05, 4.69) is 22.1 Å². The van der Waals surface area contributed by atoms with Gasteiger partial charge in [-0.3, -0.25) is 9.78 Å². The second-order valence-electron chi connectivity index (χ2n) is 5.45. The molecule has 6 heteroatoms. The van der Waals surface area contributed by atoms with Crippen molar-refractivity contribution in [2.75, 3.05) is 13.2 Å². The summed E-state index contributed by atoms with van der Waals surface area (Å²) in [5.41, 5.74) is 0.623. The number of pyridine rings is 1. The maximum Gasteiger partial charge on any atom is 0.349 e. The first-order valence-corrected chi connectivity index (χ1v) is 7.96. The van der Waals surface area contributed by atoms with E-state index in [1.165, 1.54) is 6.07 Å². The number of hydrogen-bond acceptors (Lipinski definition) is 5. The van der Waals surface area contributed by atoms with Crippen molar-refractivity contribution in [3.8, 4) is 17.6 Å². The van der Waals surface area contributed by atoms with Crippen LogP contribution in [0.1, 0.15) is 16.1 Å². The smallest absolute Gasteiger partial charge is 0.349 e. The predicted molar refractivity (Wildman–Crippen MR) is 97.1 cm³/mol. The molecule has 2 aromatic heterocycles. The number of ether oxygens (including phenoxy) is 1. The molecule has 0 fully saturated rings. The van der Waals surface area contributed by atoms with Gasteiger partial charge in [-0.15, -0.1) is 0 Å². The number of rotatable bonds is 4. The van der Waals surface area contributed by atoms with Crippen LogP contribution in [-0.4, -0.2) is 24.0 Å². The molecule has 1 amide bonds. The van der Waals surface area contributed by atoms with Crippen LogP contribution < -0.4 is 15.7 Å². The number of aryl methyl sites for hydroxylation is 1. The van der Waals surface area contributed by atoms with E-state index in [1.54, 1.807) is 30.5 Å². The normalized spacial score (nSPS) is 10.0. The fraction of sp³-hybridized carbons (Fsp3) is 0.150. The number of benzene rings is 1. The average Bonchev–Trinajstić information content (AvgIpc) is 2.65. The van der Waals surface area contributed by atoms with E-state index in [9.17, 15) is 9.59 Å². The van der Waals surface area contributed by atoms with Gasteiger partial charge in [-0.05, 0) is 31.2 Å². The number of hydrogen-bond donors (Lipinski definition) is 1. The third kappa shape index (κ3) is 4.28. The molecule has 0 aliphatic heterocycles. The summed E-state index contributed by atoms with van der Waals surface area (Å²) in [6.45, 7) is 2.17. The number of para-hydroxylation sites is 1. The molecule has 26 heavy (non-hydrogen) atoms. The number of carbonyl (C=O) groups is 1. The summed E-state index contributed by atoms with van der Waals surface area (Å²) < 4.78 is 10.5. The molecule has 6 nitrogen and oxygen atoms in total. The van der Waals surface area contributed by atoms with Crippen LogP contribution in [-0.2, 0) is 0 Å². The van der Waals surface area contributed by atoms with Crippen LogP contribution in [0.15, 0.2) is 57.9 Å². The molecule has 0 bridgehead atoms. The summed E-state index contributed by atoms with van der Waals surface area (Å²) in [6.07, 6.45) is 1.62. The molecular weight excluding hydrogens is 332 g/mol. The quantitative estimate of drug-likeness (QED) is 0.578. The van der Waals surface area contributed by atoms with E-state index in [4.69, 9.17) is 9.15 Å². The Bertz CT molecular complexity index is 1040. The minimum atomic E-state index is -0.677. The van der Waals surface area contributed by atoms with Crippen molar-refractivity contribution in [3.05, 3.63) is 70.3 Å². The molecule has 1 N–H and O–H groups in total. The van der Waals surface area contributed by atoms with Crippen molar-refractivity contribution in [1.82, 2.24) is 10.3 Å². The van der Waals surface area contributed by atoms with E-state index in [0.717, 1.165) is 5.69 Å². The summed E-state index contributed by atoms with van der Waals surface area (Å²) in [6, 6.07) is 12.2. The van der Waals surface area contributed by atoms with Gasteiger partial charge in [0, 0.05) is 11.1 Å². The lowest BCUT2D eigenvalue weighted by Crippen LogP contribution is -2.28. The van der Waals surface area contributed by atoms with E-state index in [-0.39, 0.29) is 18.7 Å². The Morgan fingerprint density at radius 2 is 2.08 bits per heavy atom. The van der Waals surface area contributed by atoms with E-state index in [1.807, 2.05) is 19.1 Å². The summed E-state index contributed by atoms with van der Waals surface area (Å²) in [7, 11) is 0. The minimum absolute atomic E-state index is 0.0486. The first-order chi connectivity index (χ1) is 12.6. The lowest BCUT2D eigenvalue weighted by molar-refractivity contribution is 0.0955. The highest BCUT2D eigenvalue weighted by Gasteiger charge is 2.12. The van der Waals surface area contributed by atoms with Crippen molar-refractivity contribution in [2.45, 2.75) is 6.92 Å². The van der Waals surface area contributed by atoms with Crippen molar-refractivity contribution in [3.63, 3.8) is 0 Å². The molecule has 130 valence electrons. The second-order valence-corrected chi connectivity index (χ2v) is 5.45. The van der Waals surface area contributed by atoms with Gasteiger partial charge in [-0.1, -0.05) is 30.0 Å². The molecule has 0 unspecified atom stereocenters. The van der Waals surface area contributed by atoms with Crippen molar-refractivity contribution >= 4 is 16.9 Å². The van der Waals surface area contributed by atoms with Gasteiger partial charge in [0.15, 0.2) is 0 Å². The van der Waals surface area contributed by atoms with Crippen LogP contribution in [0, 0.1) is 18.8 Å². The number of nitrogens with one attached hydrogen (secondary N) is 1. The number of amides is 1. The zero-order chi connectivity index (χ0) is 18.4. The minimum Gasteiger partial charge on any atom is -0.479 e. The van der Waals surface area contributed by atoms with Crippen LogP contribution in [0.4, 0.5) is 0 Å². The predicted octanol–water partition coefficient (Wildman–Crippen LogP) is 2.31. The fourth-order valence-electron chi connectivity index (χ4n) is 2.21. The Balaban J connectivity index is 1.54. The number of aromatic nitrogens is 1. The molecule has 0 saturated carbocycles. The van der Waals surface area contributed by atoms with E-state index < -0.39 is 11.5 Å². The summed E-state index contributed by atoms with van der Waals surface area (Å²) in [4.78, 5) is 28.1. The first kappa shape index (κ1) is 17.2. The monoisotopic (exact) mass is 348 g/mol. The lowest BCUT2D eigenvalue weighted by atomic mass is 10.2. The molecule has 2 heterocycles. The Labute approximate surface area is 149 Å². The fourth-order valence-corrected chi connectivity index (χ4v) is 2.21. The molecule has 1 aromatic carbocycles. The zero-order valence-electron chi connectivity index (χ0n) is 14.1. The van der Waals surface area contributed by atoms with Gasteiger partial charge >= 0.3 is 5.63 Å². The first-order valence-electron chi connectivity index (χ1n) is 7.96. The van der Waals surface area contributed by atoms with Crippen LogP contribution in [0.3, 0.4) is 0 Å². The Hall–Kier alpha value is -3.59. The molecular formula is C20H16N2O4. The average molecular weight is 348 g/mol. The number of carbonyl (C=O) groups excluding carboxylic acids is 1. The number of fused-ring (bicyclic) bond motifs is 1. The third-order valence-electron chi connectivity index (χ3n) is 3.54. The van der Waals surface area contributed by atoms with Crippen LogP contribution in [0.5, 0.6) is 5.75 Å². The van der Waals surface area contributed by atoms with Gasteiger partial charge in [-0.25, -0.2) is 4.79 Å². The van der Waals surface area contributed by atoms with Gasteiger partial charge in [-0.2, -0.15) is 0 Å². The highest BCUT2D eigenvalue weighted by atomic mass is 16.5. The molecule has 3 aromatic rings. The second kappa shape index (κ2) is 7.99. The van der Waals surface area contributed by atoms with Gasteiger partial charge in [0.05, 0.1) is 12.7 Å².